The van der Waals surface area contributed by atoms with Crippen LogP contribution < -0.4 is 0 Å². The van der Waals surface area contributed by atoms with Crippen LogP contribution in [0.25, 0.3) is 0 Å². The summed E-state index contributed by atoms with van der Waals surface area (Å²) in [6.45, 7) is 9.25. The van der Waals surface area contributed by atoms with Crippen LogP contribution in [0, 0.1) is 0 Å². The van der Waals surface area contributed by atoms with Gasteiger partial charge in [-0.25, -0.2) is 0 Å². The molecule has 0 aromatic carbocycles. The Labute approximate surface area is 264 Å². The largest absolute Gasteiger partial charge is 0.412 e. The first kappa shape index (κ1) is 42.4. The minimum absolute atomic E-state index is 0. The molecule has 6 heteroatoms. The van der Waals surface area contributed by atoms with E-state index in [1.54, 1.807) is 0 Å². The van der Waals surface area contributed by atoms with Crippen LogP contribution in [0.3, 0.4) is 0 Å². The number of hydrogen-bond acceptors (Lipinski definition) is 3. The van der Waals surface area contributed by atoms with Gasteiger partial charge in [0, 0.05) is 0 Å². The molecule has 0 amide bonds. The Bertz CT molecular complexity index is 500. The molecule has 0 aliphatic heterocycles. The maximum atomic E-state index is 7.50. The molecule has 39 heavy (non-hydrogen) atoms. The summed E-state index contributed by atoms with van der Waals surface area (Å²) in [5.74, 6) is 0. The van der Waals surface area contributed by atoms with Gasteiger partial charge in [0.25, 0.3) is 0 Å². The molecule has 3 nitrogen and oxygen atoms in total. The van der Waals surface area contributed by atoms with E-state index in [2.05, 4.69) is 32.9 Å². The second-order valence-corrected chi connectivity index (χ2v) is 31.4. The zero-order valence-electron chi connectivity index (χ0n) is 27.1. The summed E-state index contributed by atoms with van der Waals surface area (Å²) in [5.41, 5.74) is 0. The average molecular weight is 782 g/mol. The first-order valence-electron chi connectivity index (χ1n) is 17.3. The fourth-order valence-corrected chi connectivity index (χ4v) is 39.2. The van der Waals surface area contributed by atoms with E-state index >= 15 is 0 Å². The van der Waals surface area contributed by atoms with Crippen LogP contribution in [0.2, 0.25) is 17.7 Å². The molecule has 0 aliphatic rings. The molecule has 0 atom stereocenters. The van der Waals surface area contributed by atoms with Crippen LogP contribution in [-0.4, -0.2) is 49.9 Å². The van der Waals surface area contributed by atoms with Crippen molar-refractivity contribution in [1.82, 2.24) is 0 Å². The smallest absolute Gasteiger partial charge is 0.412 e. The molecule has 0 heterocycles. The Morgan fingerprint density at radius 3 is 1.15 bits per heavy atom. The first-order valence-corrected chi connectivity index (χ1v) is 29.4. The maximum absolute atomic E-state index is 7.50. The van der Waals surface area contributed by atoms with Crippen molar-refractivity contribution < 1.29 is 6.89 Å². The SMILES string of the molecule is CCCCCCC[CH2][Sn]([CH2]CCCCCCC)[O][Sn]([CH2]CCCCCCC)([CH2]CCCCCCC)[N]=C=S.O. The Hall–Kier alpha value is 1.32. The Morgan fingerprint density at radius 1 is 0.513 bits per heavy atom. The second-order valence-electron chi connectivity index (χ2n) is 11.9. The number of hydrogen-bond donors (Lipinski definition) is 0. The van der Waals surface area contributed by atoms with E-state index in [1.807, 2.05) is 0 Å². The van der Waals surface area contributed by atoms with E-state index in [0.717, 1.165) is 0 Å². The first-order chi connectivity index (χ1) is 18.7. The third-order valence-corrected chi connectivity index (χ3v) is 36.5. The van der Waals surface area contributed by atoms with Gasteiger partial charge < -0.3 is 5.48 Å². The summed E-state index contributed by atoms with van der Waals surface area (Å²) < 4.78 is 18.0. The molecule has 0 fully saturated rings. The zero-order valence-corrected chi connectivity index (χ0v) is 33.6. The maximum Gasteiger partial charge on any atom is -0.412 e. The number of rotatable bonds is 31. The van der Waals surface area contributed by atoms with E-state index < -0.39 is 39.2 Å². The van der Waals surface area contributed by atoms with Gasteiger partial charge in [-0.1, -0.05) is 0 Å². The molecule has 2 N–H and O–H groups in total. The summed E-state index contributed by atoms with van der Waals surface area (Å²) in [5, 5.41) is 2.93. The van der Waals surface area contributed by atoms with Crippen LogP contribution in [0.1, 0.15) is 182 Å². The predicted octanol–water partition coefficient (Wildman–Crippen LogP) is 12.2. The molecule has 0 spiro atoms. The molecule has 0 aromatic rings. The van der Waals surface area contributed by atoms with Crippen LogP contribution in [-0.2, 0) is 1.41 Å². The van der Waals surface area contributed by atoms with Gasteiger partial charge in [-0.2, -0.15) is 0 Å². The van der Waals surface area contributed by atoms with Gasteiger partial charge in [0.15, 0.2) is 0 Å². The average Bonchev–Trinajstić information content (AvgIpc) is 2.92. The van der Waals surface area contributed by atoms with Gasteiger partial charge in [-0.05, 0) is 0 Å². The standard InChI is InChI=1S/4C8H17.CNS.H2O.O.2Sn/c4*1-3-5-7-8-6-4-2;2-1-3;;;;/h4*1,3-8H2,2H3;;1H2;;;/q;;;;-1;;;;+1. The Morgan fingerprint density at radius 2 is 0.821 bits per heavy atom. The monoisotopic (exact) mass is 784 g/mol. The van der Waals surface area contributed by atoms with Gasteiger partial charge in [-0.15, -0.1) is 0 Å². The molecule has 0 bridgehead atoms. The molecular weight excluding hydrogens is 712 g/mol. The molecule has 0 aromatic heterocycles. The predicted molar refractivity (Wildman–Crippen MR) is 184 cm³/mol. The summed E-state index contributed by atoms with van der Waals surface area (Å²) in [7, 11) is 0. The Balaban J connectivity index is 0. The normalized spacial score (nSPS) is 11.5. The number of isothiocyanates is 1. The van der Waals surface area contributed by atoms with Crippen LogP contribution in [0.15, 0.2) is 3.21 Å². The molecule has 0 unspecified atom stereocenters. The van der Waals surface area contributed by atoms with Crippen LogP contribution >= 0.6 is 12.2 Å². The summed E-state index contributed by atoms with van der Waals surface area (Å²) >= 11 is 0.289. The van der Waals surface area contributed by atoms with Crippen molar-refractivity contribution in [1.29, 1.82) is 0 Å². The van der Waals surface area contributed by atoms with Crippen molar-refractivity contribution in [3.8, 4) is 0 Å². The van der Waals surface area contributed by atoms with Gasteiger partial charge in [0.05, 0.1) is 0 Å². The molecule has 0 aliphatic carbocycles. The zero-order chi connectivity index (χ0) is 28.0. The van der Waals surface area contributed by atoms with E-state index in [4.69, 9.17) is 16.8 Å². The van der Waals surface area contributed by atoms with Gasteiger partial charge in [-0.3, -0.25) is 0 Å². The van der Waals surface area contributed by atoms with Crippen molar-refractivity contribution in [2.45, 2.75) is 200 Å². The van der Waals surface area contributed by atoms with Crippen LogP contribution in [0.4, 0.5) is 0 Å². The van der Waals surface area contributed by atoms with E-state index in [1.165, 1.54) is 172 Å². The van der Waals surface area contributed by atoms with Crippen molar-refractivity contribution in [2.75, 3.05) is 0 Å². The number of nitrogens with zero attached hydrogens (tertiary/aromatic N) is 1. The third kappa shape index (κ3) is 27.9. The van der Waals surface area contributed by atoms with Crippen molar-refractivity contribution >= 4 is 56.6 Å². The quantitative estimate of drug-likeness (QED) is 0.0304. The summed E-state index contributed by atoms with van der Waals surface area (Å²) in [6.07, 6.45) is 33.1. The number of unbranched alkanes of at least 4 members (excludes halogenated alkanes) is 20. The summed E-state index contributed by atoms with van der Waals surface area (Å²) in [4.78, 5) is 0. The van der Waals surface area contributed by atoms with Gasteiger partial charge in [0.2, 0.25) is 0 Å². The van der Waals surface area contributed by atoms with Crippen molar-refractivity contribution in [3.05, 3.63) is 0 Å². The van der Waals surface area contributed by atoms with Crippen molar-refractivity contribution in [3.63, 3.8) is 0 Å². The fraction of sp³-hybridized carbons (Fsp3) is 0.970. The van der Waals surface area contributed by atoms with E-state index in [-0.39, 0.29) is 5.48 Å². The molecule has 0 saturated carbocycles. The van der Waals surface area contributed by atoms with Crippen molar-refractivity contribution in [2.24, 2.45) is 3.21 Å². The molecule has 233 valence electrons. The second kappa shape index (κ2) is 33.8. The Kier molecular flexibility index (Phi) is 36.8. The van der Waals surface area contributed by atoms with Gasteiger partial charge in [0.1, 0.15) is 0 Å². The van der Waals surface area contributed by atoms with Gasteiger partial charge >= 0.3 is 261 Å². The van der Waals surface area contributed by atoms with E-state index in [0.29, 0.717) is 0 Å². The third-order valence-electron chi connectivity index (χ3n) is 8.04. The molecule has 0 rings (SSSR count). The fourth-order valence-electron chi connectivity index (χ4n) is 5.51. The summed E-state index contributed by atoms with van der Waals surface area (Å²) in [6, 6.07) is 0. The molecular formula is C33H70NO2SSn2. The minimum atomic E-state index is -3.09. The van der Waals surface area contributed by atoms with E-state index in [9.17, 15) is 0 Å². The molecule has 0 saturated heterocycles. The van der Waals surface area contributed by atoms with Crippen LogP contribution in [0.5, 0.6) is 0 Å². The molecule has 1 radical (unpaired) electrons. The topological polar surface area (TPSA) is 53.1 Å². The number of thiocarbonyl (C=S) groups is 1. The minimum Gasteiger partial charge on any atom is -0.412 e.